The molecule has 25 heteroatoms. The lowest BCUT2D eigenvalue weighted by Gasteiger charge is -2.49. The summed E-state index contributed by atoms with van der Waals surface area (Å²) in [6.45, 7) is 2.17. The Balaban J connectivity index is 1.13. The van der Waals surface area contributed by atoms with Crippen molar-refractivity contribution in [3.8, 4) is 11.3 Å². The summed E-state index contributed by atoms with van der Waals surface area (Å²) in [6.07, 6.45) is -23.6. The highest BCUT2D eigenvalue weighted by Gasteiger charge is 2.54. The van der Waals surface area contributed by atoms with E-state index >= 15 is 0 Å². The number of fused-ring (bicyclic) bond motifs is 1. The zero-order chi connectivity index (χ0) is 53.7. The number of carbonyl (C=O) groups excluding carboxylic acids is 1. The van der Waals surface area contributed by atoms with Gasteiger partial charge in [-0.2, -0.15) is 0 Å². The summed E-state index contributed by atoms with van der Waals surface area (Å²) in [6, 6.07) is 15.1. The monoisotopic (exact) mass is 1060 g/mol. The molecule has 8 rings (SSSR count). The summed E-state index contributed by atoms with van der Waals surface area (Å²) in [5.41, 5.74) is 0.864. The molecule has 20 atom stereocenters. The van der Waals surface area contributed by atoms with Crippen LogP contribution in [0.25, 0.3) is 22.2 Å². The molecule has 5 heterocycles. The van der Waals surface area contributed by atoms with Crippen molar-refractivity contribution in [3.63, 3.8) is 0 Å². The number of aliphatic carboxylic acids is 1. The standard InChI is InChI=1S/C50H66N4O21/c1-4-10-32(46(64)65)70-44-36(51-24(3)57)48(73-34(19-55)38(44)59)72-33-16-25(21-68-49-42(63)45(39(60)35(20-56)74-49)67-22-28-17-27-13-8-9-14-31(27)71-47(28)66)15-30(54-18-29(52-53-54)26-11-6-5-7-12-26)43(33)75-50-41(62)40(61)37(58)23(2)69-50/h5-9,11-14,17-18,23,25,30,32-45,48-50,55-56,58-63H,4,10,15-16,19-22H2,1-3H3,(H,51,57)(H,64,65)/t23?,25?,30?,32-,33+,34?,35?,36?,37+,38-,39+,40?,41?,42?,43?,44?,45?,48+,49-,50-/m0/s1. The lowest BCUT2D eigenvalue weighted by atomic mass is 9.81. The van der Waals surface area contributed by atoms with Crippen LogP contribution in [0.1, 0.15) is 58.1 Å². The number of carboxylic acid groups (broad SMARTS) is 1. The van der Waals surface area contributed by atoms with Gasteiger partial charge in [-0.15, -0.1) is 5.10 Å². The van der Waals surface area contributed by atoms with Gasteiger partial charge in [-0.25, -0.2) is 14.3 Å². The lowest BCUT2D eigenvalue weighted by molar-refractivity contribution is -0.340. The highest BCUT2D eigenvalue weighted by atomic mass is 16.7. The van der Waals surface area contributed by atoms with Crippen LogP contribution >= 0.6 is 0 Å². The number of hydrogen-bond donors (Lipinski definition) is 10. The van der Waals surface area contributed by atoms with Gasteiger partial charge in [-0.05, 0) is 44.2 Å². The molecule has 1 aliphatic carbocycles. The Morgan fingerprint density at radius 3 is 2.19 bits per heavy atom. The van der Waals surface area contributed by atoms with E-state index in [9.17, 15) is 60.3 Å². The third-order valence-corrected chi connectivity index (χ3v) is 14.0. The van der Waals surface area contributed by atoms with Crippen LogP contribution < -0.4 is 10.9 Å². The maximum Gasteiger partial charge on any atom is 0.341 e. The van der Waals surface area contributed by atoms with E-state index in [1.165, 1.54) is 18.5 Å². The van der Waals surface area contributed by atoms with E-state index in [2.05, 4.69) is 15.6 Å². The van der Waals surface area contributed by atoms with Crippen LogP contribution in [-0.4, -0.2) is 203 Å². The Labute approximate surface area is 429 Å². The summed E-state index contributed by atoms with van der Waals surface area (Å²) in [5, 5.41) is 110. The average Bonchev–Trinajstić information content (AvgIpc) is 3.89. The summed E-state index contributed by atoms with van der Waals surface area (Å²) in [4.78, 5) is 38.2. The quantitative estimate of drug-likeness (QED) is 0.0468. The molecule has 4 fully saturated rings. The van der Waals surface area contributed by atoms with Gasteiger partial charge in [0.05, 0.1) is 56.4 Å². The van der Waals surface area contributed by atoms with E-state index in [0.29, 0.717) is 28.6 Å². The largest absolute Gasteiger partial charge is 0.479 e. The van der Waals surface area contributed by atoms with Crippen molar-refractivity contribution in [2.24, 2.45) is 5.92 Å². The van der Waals surface area contributed by atoms with Crippen LogP contribution in [-0.2, 0) is 54.1 Å². The zero-order valence-electron chi connectivity index (χ0n) is 41.3. The molecule has 412 valence electrons. The van der Waals surface area contributed by atoms with Gasteiger partial charge in [-0.1, -0.05) is 67.1 Å². The fraction of sp³-hybridized carbons (Fsp3) is 0.620. The Morgan fingerprint density at radius 1 is 0.800 bits per heavy atom. The van der Waals surface area contributed by atoms with E-state index < -0.39 is 160 Å². The number of carboxylic acids is 1. The molecule has 0 spiro atoms. The van der Waals surface area contributed by atoms with E-state index in [1.807, 2.05) is 30.3 Å². The number of hydrogen-bond acceptors (Lipinski definition) is 22. The molecule has 10 N–H and O–H groups in total. The summed E-state index contributed by atoms with van der Waals surface area (Å²) >= 11 is 0. The van der Waals surface area contributed by atoms with E-state index in [0.717, 1.165) is 0 Å². The number of carbonyl (C=O) groups is 2. The molecule has 0 bridgehead atoms. The van der Waals surface area contributed by atoms with Crippen LogP contribution in [0.15, 0.2) is 76.1 Å². The maximum atomic E-state index is 12.9. The van der Waals surface area contributed by atoms with Crippen LogP contribution in [0.5, 0.6) is 0 Å². The summed E-state index contributed by atoms with van der Waals surface area (Å²) in [7, 11) is 0. The molecule has 4 aromatic rings. The highest BCUT2D eigenvalue weighted by Crippen LogP contribution is 2.41. The van der Waals surface area contributed by atoms with Crippen LogP contribution in [0.3, 0.4) is 0 Å². The van der Waals surface area contributed by atoms with Crippen molar-refractivity contribution in [1.29, 1.82) is 0 Å². The van der Waals surface area contributed by atoms with Crippen molar-refractivity contribution >= 4 is 22.8 Å². The number of nitrogens with one attached hydrogen (secondary N) is 1. The minimum atomic E-state index is -1.81. The van der Waals surface area contributed by atoms with Gasteiger partial charge < -0.3 is 93.6 Å². The first-order valence-electron chi connectivity index (χ1n) is 24.9. The van der Waals surface area contributed by atoms with Crippen molar-refractivity contribution in [3.05, 3.63) is 82.8 Å². The van der Waals surface area contributed by atoms with Gasteiger partial charge in [0, 0.05) is 17.9 Å². The molecule has 1 amide bonds. The third-order valence-electron chi connectivity index (χ3n) is 14.0. The topological polar surface area (TPSA) is 363 Å². The van der Waals surface area contributed by atoms with Gasteiger partial charge in [-0.3, -0.25) is 4.79 Å². The first-order chi connectivity index (χ1) is 36.0. The first kappa shape index (κ1) is 56.3. The average molecular weight is 1060 g/mol. The second kappa shape index (κ2) is 25.0. The molecule has 0 radical (unpaired) electrons. The Hall–Kier alpha value is -4.91. The van der Waals surface area contributed by atoms with Gasteiger partial charge >= 0.3 is 11.6 Å². The van der Waals surface area contributed by atoms with Crippen molar-refractivity contribution in [1.82, 2.24) is 20.3 Å². The molecule has 25 nitrogen and oxygen atoms in total. The second-order valence-corrected chi connectivity index (χ2v) is 19.4. The number of para-hydroxylation sites is 1. The second-order valence-electron chi connectivity index (χ2n) is 19.4. The molecule has 75 heavy (non-hydrogen) atoms. The Bertz CT molecular complexity index is 2560. The normalized spacial score (nSPS) is 35.7. The van der Waals surface area contributed by atoms with Gasteiger partial charge in [0.1, 0.15) is 84.5 Å². The minimum Gasteiger partial charge on any atom is -0.479 e. The molecule has 4 aliphatic rings. The van der Waals surface area contributed by atoms with Gasteiger partial charge in [0.25, 0.3) is 0 Å². The highest BCUT2D eigenvalue weighted by molar-refractivity contribution is 5.76. The van der Waals surface area contributed by atoms with E-state index in [-0.39, 0.29) is 31.4 Å². The number of rotatable bonds is 20. The van der Waals surface area contributed by atoms with Crippen molar-refractivity contribution in [2.45, 2.75) is 169 Å². The fourth-order valence-corrected chi connectivity index (χ4v) is 10.1. The van der Waals surface area contributed by atoms with Crippen molar-refractivity contribution < 1.29 is 97.9 Å². The minimum absolute atomic E-state index is 0.0149. The molecule has 3 aliphatic heterocycles. The molecule has 12 unspecified atom stereocenters. The predicted molar refractivity (Wildman–Crippen MR) is 255 cm³/mol. The molecule has 2 aromatic heterocycles. The Kier molecular flexibility index (Phi) is 18.8. The van der Waals surface area contributed by atoms with E-state index in [4.69, 9.17) is 42.3 Å². The maximum absolute atomic E-state index is 12.9. The number of benzene rings is 2. The van der Waals surface area contributed by atoms with E-state index in [1.54, 1.807) is 43.5 Å². The van der Waals surface area contributed by atoms with Crippen LogP contribution in [0.4, 0.5) is 0 Å². The van der Waals surface area contributed by atoms with Crippen LogP contribution in [0.2, 0.25) is 0 Å². The van der Waals surface area contributed by atoms with Crippen molar-refractivity contribution in [2.75, 3.05) is 19.8 Å². The molecular weight excluding hydrogens is 993 g/mol. The van der Waals surface area contributed by atoms with Crippen LogP contribution in [0, 0.1) is 5.92 Å². The number of aliphatic hydroxyl groups excluding tert-OH is 8. The predicted octanol–water partition coefficient (Wildman–Crippen LogP) is -1.14. The van der Waals surface area contributed by atoms with Gasteiger partial charge in [0.2, 0.25) is 5.91 Å². The zero-order valence-corrected chi connectivity index (χ0v) is 41.3. The lowest BCUT2D eigenvalue weighted by Crippen LogP contribution is -2.67. The number of aromatic nitrogens is 3. The number of amides is 1. The molecular formula is C50H66N4O21. The Morgan fingerprint density at radius 2 is 1.49 bits per heavy atom. The number of nitrogens with zero attached hydrogens (tertiary/aromatic N) is 3. The number of ether oxygens (including phenoxy) is 8. The first-order valence-corrected chi connectivity index (χ1v) is 24.9. The third kappa shape index (κ3) is 12.8. The van der Waals surface area contributed by atoms with Gasteiger partial charge in [0.15, 0.2) is 25.0 Å². The molecule has 2 aromatic carbocycles. The smallest absolute Gasteiger partial charge is 0.341 e. The fourth-order valence-electron chi connectivity index (χ4n) is 10.1. The molecule has 1 saturated carbocycles. The molecule has 3 saturated heterocycles. The summed E-state index contributed by atoms with van der Waals surface area (Å²) in [5.74, 6) is -2.65. The summed E-state index contributed by atoms with van der Waals surface area (Å²) < 4.78 is 56.6. The SMILES string of the molecule is CCC[C@H](OC1C(NC(C)=O)[C@H](O[C@@H]2CC(CO[C@H]3OC(CO)[C@@H](O)C(OCc4cc5ccccc5oc4=O)C3O)CC(n3cc(-c4ccccc4)nn3)C2O[C@@H]2OC(C)[C@@H](O)C(O)C2O)OC(CO)[C@@H]1O)C(=O)O. The number of aliphatic hydroxyl groups is 8.